The number of hydrogen-bond donors (Lipinski definition) is 1. The van der Waals surface area contributed by atoms with Crippen molar-refractivity contribution in [2.75, 3.05) is 0 Å². The van der Waals surface area contributed by atoms with Crippen molar-refractivity contribution in [3.05, 3.63) is 80.8 Å². The number of carbonyl (C=O) groups is 4. The molecule has 1 unspecified atom stereocenters. The average Bonchev–Trinajstić information content (AvgIpc) is 2.96. The molecule has 1 heterocycles. The molecule has 0 fully saturated rings. The lowest BCUT2D eigenvalue weighted by Gasteiger charge is -2.29. The predicted molar refractivity (Wildman–Crippen MR) is 126 cm³/mol. The van der Waals surface area contributed by atoms with Crippen LogP contribution in [0.2, 0.25) is 0 Å². The van der Waals surface area contributed by atoms with E-state index in [4.69, 9.17) is 4.74 Å². The fraction of sp³-hybridized carbons (Fsp3) is 0.130. The van der Waals surface area contributed by atoms with Crippen molar-refractivity contribution in [3.8, 4) is 0 Å². The third-order valence-corrected chi connectivity index (χ3v) is 6.74. The highest BCUT2D eigenvalue weighted by atomic mass is 79.9. The number of amides is 2. The van der Waals surface area contributed by atoms with Crippen LogP contribution in [0.3, 0.4) is 0 Å². The Morgan fingerprint density at radius 3 is 2.37 bits per heavy atom. The lowest BCUT2D eigenvalue weighted by atomic mass is 9.90. The second-order valence-electron chi connectivity index (χ2n) is 8.15. The Labute approximate surface area is 220 Å². The highest BCUT2D eigenvalue weighted by molar-refractivity contribution is 9.10. The van der Waals surface area contributed by atoms with Crippen LogP contribution < -0.4 is 0 Å². The summed E-state index contributed by atoms with van der Waals surface area (Å²) < 4.78 is 71.5. The van der Waals surface area contributed by atoms with Gasteiger partial charge in [-0.05, 0) is 48.9 Å². The molecule has 2 aromatic rings. The van der Waals surface area contributed by atoms with Gasteiger partial charge in [-0.1, -0.05) is 34.1 Å². The first-order valence-corrected chi connectivity index (χ1v) is 12.5. The van der Waals surface area contributed by atoms with E-state index in [-0.39, 0.29) is 32.3 Å². The van der Waals surface area contributed by atoms with Gasteiger partial charge in [-0.15, -0.1) is 9.35 Å². The summed E-state index contributed by atoms with van der Waals surface area (Å²) in [6, 6.07) is 7.52. The number of carboxylic acids is 1. The molecule has 10 nitrogen and oxygen atoms in total. The third kappa shape index (κ3) is 4.87. The average molecular weight is 616 g/mol. The van der Waals surface area contributed by atoms with Crippen molar-refractivity contribution in [2.45, 2.75) is 18.0 Å². The molecule has 0 radical (unpaired) electrons. The summed E-state index contributed by atoms with van der Waals surface area (Å²) in [5.41, 5.74) is -8.75. The van der Waals surface area contributed by atoms with Gasteiger partial charge < -0.3 is 9.84 Å². The number of hydroxylamine groups is 2. The van der Waals surface area contributed by atoms with E-state index in [9.17, 15) is 45.9 Å². The summed E-state index contributed by atoms with van der Waals surface area (Å²) in [6.07, 6.45) is 3.72. The predicted octanol–water partition coefficient (Wildman–Crippen LogP) is 3.94. The topological polar surface area (TPSA) is 144 Å². The fourth-order valence-corrected chi connectivity index (χ4v) is 4.60. The Kier molecular flexibility index (Phi) is 6.58. The number of aromatic carboxylic acids is 1. The quantitative estimate of drug-likeness (QED) is 0.300. The Morgan fingerprint density at radius 1 is 1.08 bits per heavy atom. The largest absolute Gasteiger partial charge is 0.525 e. The maximum Gasteiger partial charge on any atom is 0.525 e. The number of halogens is 4. The van der Waals surface area contributed by atoms with E-state index in [1.165, 1.54) is 43.3 Å². The molecule has 15 heteroatoms. The minimum atomic E-state index is -6.39. The summed E-state index contributed by atoms with van der Waals surface area (Å²) in [4.78, 5) is 50.2. The minimum Gasteiger partial charge on any atom is -0.478 e. The van der Waals surface area contributed by atoms with Gasteiger partial charge in [0.05, 0.1) is 22.3 Å². The second-order valence-corrected chi connectivity index (χ2v) is 10.6. The van der Waals surface area contributed by atoms with E-state index < -0.39 is 55.6 Å². The smallest absolute Gasteiger partial charge is 0.478 e. The van der Waals surface area contributed by atoms with Gasteiger partial charge in [0.15, 0.2) is 0 Å². The summed E-state index contributed by atoms with van der Waals surface area (Å²) in [6.45, 7) is 1.30. The lowest BCUT2D eigenvalue weighted by Crippen LogP contribution is -2.45. The molecular formula is C23H13BrF3NO9S. The number of ether oxygens (including phenoxy) is 1. The summed E-state index contributed by atoms with van der Waals surface area (Å²) in [7, 11) is -6.39. The maximum absolute atomic E-state index is 13.1. The van der Waals surface area contributed by atoms with Crippen molar-refractivity contribution in [3.63, 3.8) is 0 Å². The molecule has 0 bridgehead atoms. The van der Waals surface area contributed by atoms with Crippen LogP contribution in [0.5, 0.6) is 0 Å². The number of hydrogen-bond acceptors (Lipinski definition) is 8. The second kappa shape index (κ2) is 9.18. The van der Waals surface area contributed by atoms with Crippen molar-refractivity contribution in [1.29, 1.82) is 0 Å². The van der Waals surface area contributed by atoms with Crippen LogP contribution in [0, 0.1) is 0 Å². The normalized spacial score (nSPS) is 19.0. The Morgan fingerprint density at radius 2 is 1.74 bits per heavy atom. The van der Waals surface area contributed by atoms with E-state index in [0.29, 0.717) is 0 Å². The van der Waals surface area contributed by atoms with Gasteiger partial charge in [0, 0.05) is 10.0 Å². The Bertz CT molecular complexity index is 1600. The minimum absolute atomic E-state index is 0.0431. The van der Waals surface area contributed by atoms with Crippen LogP contribution in [0.1, 0.15) is 49.1 Å². The number of carboxylic acid groups (broad SMARTS) is 1. The zero-order valence-electron chi connectivity index (χ0n) is 18.8. The molecule has 1 aliphatic heterocycles. The maximum atomic E-state index is 13.1. The van der Waals surface area contributed by atoms with Crippen molar-refractivity contribution >= 4 is 61.5 Å². The van der Waals surface area contributed by atoms with Gasteiger partial charge in [0.2, 0.25) is 0 Å². The van der Waals surface area contributed by atoms with Crippen LogP contribution in [0.15, 0.2) is 53.0 Å². The zero-order chi connectivity index (χ0) is 28.2. The number of esters is 1. The number of carbonyl (C=O) groups excluding carboxylic acids is 3. The van der Waals surface area contributed by atoms with Gasteiger partial charge in [-0.3, -0.25) is 9.59 Å². The molecule has 1 atom stereocenters. The number of rotatable bonds is 5. The number of nitrogens with zero attached hydrogens (tertiary/aromatic N) is 1. The van der Waals surface area contributed by atoms with Crippen LogP contribution in [0.4, 0.5) is 13.2 Å². The molecule has 0 saturated carbocycles. The number of benzene rings is 2. The molecule has 2 amide bonds. The van der Waals surface area contributed by atoms with Gasteiger partial charge in [0.1, 0.15) is 5.60 Å². The molecule has 38 heavy (non-hydrogen) atoms. The van der Waals surface area contributed by atoms with Gasteiger partial charge in [-0.2, -0.15) is 21.6 Å². The number of imide groups is 1. The summed E-state index contributed by atoms with van der Waals surface area (Å²) in [5, 5.41) is 8.72. The van der Waals surface area contributed by atoms with Gasteiger partial charge in [-0.25, -0.2) is 9.59 Å². The summed E-state index contributed by atoms with van der Waals surface area (Å²) >= 11 is 3.09. The summed E-state index contributed by atoms with van der Waals surface area (Å²) in [5.74, 6) is -5.36. The molecule has 2 aromatic carbocycles. The van der Waals surface area contributed by atoms with Crippen molar-refractivity contribution in [1.82, 2.24) is 5.06 Å². The van der Waals surface area contributed by atoms with E-state index in [1.54, 1.807) is 0 Å². The monoisotopic (exact) mass is 615 g/mol. The van der Waals surface area contributed by atoms with Crippen LogP contribution >= 0.6 is 15.9 Å². The SMILES string of the molecule is CC1(OC(=O)c2cc(Br)cc(C(=O)O)c2)C=Cc2cccc3c2C(=C1)C(=O)N(OS(=O)(=O)C(F)(F)F)C3=O. The highest BCUT2D eigenvalue weighted by Crippen LogP contribution is 2.39. The Balaban J connectivity index is 1.79. The van der Waals surface area contributed by atoms with Gasteiger partial charge in [0.25, 0.3) is 11.8 Å². The lowest BCUT2D eigenvalue weighted by molar-refractivity contribution is -0.144. The van der Waals surface area contributed by atoms with Crippen LogP contribution in [-0.4, -0.2) is 53.4 Å². The molecule has 0 spiro atoms. The molecule has 2 aliphatic rings. The van der Waals surface area contributed by atoms with Crippen molar-refractivity contribution < 1.29 is 54.9 Å². The standard InChI is InChI=1S/C23H13BrF3NO9S/c1-22(36-21(33)13-7-12(20(31)32)8-14(24)9-13)6-5-11-3-2-4-15-17(11)16(10-22)19(30)28(18(15)29)37-38(34,35)23(25,26)27/h2-10H,1H3,(H,31,32). The molecule has 0 saturated heterocycles. The van der Waals surface area contributed by atoms with E-state index in [2.05, 4.69) is 20.2 Å². The Hall–Kier alpha value is -3.82. The molecular weight excluding hydrogens is 603 g/mol. The molecule has 4 rings (SSSR count). The fourth-order valence-electron chi connectivity index (χ4n) is 3.69. The van der Waals surface area contributed by atoms with Crippen LogP contribution in [0.25, 0.3) is 11.6 Å². The van der Waals surface area contributed by atoms with E-state index >= 15 is 0 Å². The van der Waals surface area contributed by atoms with Crippen molar-refractivity contribution in [2.24, 2.45) is 0 Å². The highest BCUT2D eigenvalue weighted by Gasteiger charge is 2.52. The first kappa shape index (κ1) is 27.2. The molecule has 1 aliphatic carbocycles. The molecule has 0 aromatic heterocycles. The molecule has 1 N–H and O–H groups in total. The van der Waals surface area contributed by atoms with Gasteiger partial charge >= 0.3 is 27.6 Å². The molecule has 198 valence electrons. The van der Waals surface area contributed by atoms with E-state index in [1.807, 2.05) is 0 Å². The van der Waals surface area contributed by atoms with E-state index in [0.717, 1.165) is 18.2 Å². The third-order valence-electron chi connectivity index (χ3n) is 5.37. The first-order chi connectivity index (χ1) is 17.5. The zero-order valence-corrected chi connectivity index (χ0v) is 21.2. The number of alkyl halides is 3. The first-order valence-electron chi connectivity index (χ1n) is 10.3. The van der Waals surface area contributed by atoms with Crippen LogP contribution in [-0.2, 0) is 23.9 Å².